The van der Waals surface area contributed by atoms with E-state index in [0.29, 0.717) is 12.2 Å². The zero-order chi connectivity index (χ0) is 15.0. The molecule has 0 fully saturated rings. The van der Waals surface area contributed by atoms with E-state index >= 15 is 0 Å². The normalized spacial score (nSPS) is 10.8. The predicted molar refractivity (Wildman–Crippen MR) is 77.0 cm³/mol. The van der Waals surface area contributed by atoms with Crippen molar-refractivity contribution >= 4 is 5.97 Å². The monoisotopic (exact) mass is 283 g/mol. The van der Waals surface area contributed by atoms with Crippen molar-refractivity contribution in [3.05, 3.63) is 21.7 Å². The van der Waals surface area contributed by atoms with E-state index in [2.05, 4.69) is 6.92 Å². The van der Waals surface area contributed by atoms with Crippen LogP contribution in [0.5, 0.6) is 0 Å². The fourth-order valence-electron chi connectivity index (χ4n) is 2.17. The number of nitrogens with zero attached hydrogens (tertiary/aromatic N) is 1. The highest BCUT2D eigenvalue weighted by Crippen LogP contribution is 2.10. The number of hydrogen-bond acceptors (Lipinski definition) is 4. The van der Waals surface area contributed by atoms with E-state index in [-0.39, 0.29) is 12.2 Å². The van der Waals surface area contributed by atoms with Gasteiger partial charge >= 0.3 is 11.6 Å². The van der Waals surface area contributed by atoms with Gasteiger partial charge in [0.2, 0.25) is 0 Å². The van der Waals surface area contributed by atoms with Gasteiger partial charge in [0.15, 0.2) is 5.56 Å². The second-order valence-corrected chi connectivity index (χ2v) is 4.93. The highest BCUT2D eigenvalue weighted by molar-refractivity contribution is 5.89. The topological polar surface area (TPSA) is 61.4 Å². The number of aromatic nitrogens is 1. The van der Waals surface area contributed by atoms with Crippen molar-refractivity contribution in [1.82, 2.24) is 4.74 Å². The molecule has 20 heavy (non-hydrogen) atoms. The van der Waals surface area contributed by atoms with Gasteiger partial charge < -0.3 is 9.26 Å². The van der Waals surface area contributed by atoms with E-state index in [0.717, 1.165) is 12.8 Å². The Morgan fingerprint density at radius 1 is 1.15 bits per heavy atom. The molecule has 0 aliphatic rings. The number of hydrogen-bond donors (Lipinski definition) is 0. The molecular weight excluding hydrogens is 258 g/mol. The standard InChI is InChI=1S/C15H25NO4/c1-4-6-7-8-9-10-11-16-12(3)13(15(18)20-16)14(17)19-5-2/h4-11H2,1-3H3. The number of carbonyl (C=O) groups is 1. The second-order valence-electron chi connectivity index (χ2n) is 4.93. The quantitative estimate of drug-likeness (QED) is 0.515. The van der Waals surface area contributed by atoms with Gasteiger partial charge in [0.05, 0.1) is 18.8 Å². The molecule has 0 saturated heterocycles. The summed E-state index contributed by atoms with van der Waals surface area (Å²) < 4.78 is 11.5. The molecule has 0 atom stereocenters. The Kier molecular flexibility index (Phi) is 7.12. The lowest BCUT2D eigenvalue weighted by molar-refractivity contribution is 0.0523. The maximum Gasteiger partial charge on any atom is 0.372 e. The van der Waals surface area contributed by atoms with Crippen LogP contribution in [0.3, 0.4) is 0 Å². The van der Waals surface area contributed by atoms with Crippen LogP contribution in [0, 0.1) is 6.92 Å². The lowest BCUT2D eigenvalue weighted by atomic mass is 10.1. The molecule has 0 aliphatic carbocycles. The van der Waals surface area contributed by atoms with Gasteiger partial charge in [-0.1, -0.05) is 39.0 Å². The van der Waals surface area contributed by atoms with E-state index in [1.165, 1.54) is 30.4 Å². The third kappa shape index (κ3) is 4.54. The van der Waals surface area contributed by atoms with Crippen LogP contribution in [-0.2, 0) is 11.3 Å². The highest BCUT2D eigenvalue weighted by atomic mass is 16.5. The third-order valence-electron chi connectivity index (χ3n) is 3.33. The summed E-state index contributed by atoms with van der Waals surface area (Å²) in [5.74, 6) is -0.597. The zero-order valence-corrected chi connectivity index (χ0v) is 12.7. The first kappa shape index (κ1) is 16.5. The molecule has 1 aromatic heterocycles. The number of rotatable bonds is 9. The second kappa shape index (κ2) is 8.61. The zero-order valence-electron chi connectivity index (χ0n) is 12.7. The molecule has 1 rings (SSSR count). The summed E-state index contributed by atoms with van der Waals surface area (Å²) in [5.41, 5.74) is -0.0215. The van der Waals surface area contributed by atoms with Crippen molar-refractivity contribution in [2.45, 2.75) is 65.8 Å². The summed E-state index contributed by atoms with van der Waals surface area (Å²) in [6.07, 6.45) is 7.00. The lowest BCUT2D eigenvalue weighted by Crippen LogP contribution is -2.14. The first-order valence-electron chi connectivity index (χ1n) is 7.49. The molecule has 0 saturated carbocycles. The number of aryl methyl sites for hydroxylation is 1. The number of ether oxygens (including phenoxy) is 1. The molecule has 5 nitrogen and oxygen atoms in total. The molecule has 0 spiro atoms. The first-order chi connectivity index (χ1) is 9.61. The Morgan fingerprint density at radius 2 is 1.80 bits per heavy atom. The predicted octanol–water partition coefficient (Wildman–Crippen LogP) is 3.29. The van der Waals surface area contributed by atoms with Crippen LogP contribution in [0.4, 0.5) is 0 Å². The van der Waals surface area contributed by atoms with Gasteiger partial charge in [-0.2, -0.15) is 0 Å². The lowest BCUT2D eigenvalue weighted by Gasteiger charge is -2.04. The third-order valence-corrected chi connectivity index (χ3v) is 3.33. The van der Waals surface area contributed by atoms with E-state index < -0.39 is 11.6 Å². The van der Waals surface area contributed by atoms with Crippen LogP contribution in [-0.4, -0.2) is 17.3 Å². The SMILES string of the molecule is CCCCCCCCn1oc(=O)c(C(=O)OCC)c1C. The molecule has 0 aromatic carbocycles. The number of unbranched alkanes of at least 4 members (excludes halogenated alkanes) is 5. The van der Waals surface area contributed by atoms with Crippen molar-refractivity contribution in [3.8, 4) is 0 Å². The summed E-state index contributed by atoms with van der Waals surface area (Å²) in [5, 5.41) is 0. The van der Waals surface area contributed by atoms with Gasteiger partial charge in [-0.3, -0.25) is 0 Å². The molecule has 0 aliphatic heterocycles. The Labute approximate surface area is 119 Å². The Balaban J connectivity index is 2.53. The van der Waals surface area contributed by atoms with E-state index in [1.807, 2.05) is 0 Å². The Bertz CT molecular complexity index is 473. The highest BCUT2D eigenvalue weighted by Gasteiger charge is 2.21. The molecule has 5 heteroatoms. The minimum atomic E-state index is -0.605. The minimum absolute atomic E-state index is 0.0258. The van der Waals surface area contributed by atoms with E-state index in [4.69, 9.17) is 9.26 Å². The molecule has 0 bridgehead atoms. The van der Waals surface area contributed by atoms with E-state index in [1.54, 1.807) is 13.8 Å². The summed E-state index contributed by atoms with van der Waals surface area (Å²) >= 11 is 0. The van der Waals surface area contributed by atoms with Gasteiger partial charge in [0.25, 0.3) is 0 Å². The average Bonchev–Trinajstić information content (AvgIpc) is 2.69. The van der Waals surface area contributed by atoms with Crippen molar-refractivity contribution < 1.29 is 14.1 Å². The van der Waals surface area contributed by atoms with Gasteiger partial charge in [0, 0.05) is 0 Å². The largest absolute Gasteiger partial charge is 0.462 e. The fraction of sp³-hybridized carbons (Fsp3) is 0.733. The summed E-state index contributed by atoms with van der Waals surface area (Å²) in [7, 11) is 0. The number of esters is 1. The van der Waals surface area contributed by atoms with Crippen molar-refractivity contribution in [3.63, 3.8) is 0 Å². The van der Waals surface area contributed by atoms with Crippen LogP contribution >= 0.6 is 0 Å². The van der Waals surface area contributed by atoms with Gasteiger partial charge in [-0.25, -0.2) is 14.3 Å². The van der Waals surface area contributed by atoms with E-state index in [9.17, 15) is 9.59 Å². The molecule has 1 aromatic rings. The minimum Gasteiger partial charge on any atom is -0.462 e. The maximum absolute atomic E-state index is 11.7. The van der Waals surface area contributed by atoms with Crippen LogP contribution in [0.15, 0.2) is 9.32 Å². The maximum atomic E-state index is 11.7. The Morgan fingerprint density at radius 3 is 2.45 bits per heavy atom. The molecule has 0 N–H and O–H groups in total. The van der Waals surface area contributed by atoms with Gasteiger partial charge in [0.1, 0.15) is 0 Å². The summed E-state index contributed by atoms with van der Waals surface area (Å²) in [4.78, 5) is 23.3. The smallest absolute Gasteiger partial charge is 0.372 e. The summed E-state index contributed by atoms with van der Waals surface area (Å²) in [6, 6.07) is 0. The Hall–Kier alpha value is -1.52. The summed E-state index contributed by atoms with van der Waals surface area (Å²) in [6.45, 7) is 6.50. The van der Waals surface area contributed by atoms with Crippen molar-refractivity contribution in [2.75, 3.05) is 6.61 Å². The van der Waals surface area contributed by atoms with Crippen LogP contribution in [0.2, 0.25) is 0 Å². The van der Waals surface area contributed by atoms with Crippen LogP contribution in [0.25, 0.3) is 0 Å². The van der Waals surface area contributed by atoms with Crippen molar-refractivity contribution in [2.24, 2.45) is 0 Å². The number of carbonyl (C=O) groups excluding carboxylic acids is 1. The van der Waals surface area contributed by atoms with Crippen molar-refractivity contribution in [1.29, 1.82) is 0 Å². The molecule has 0 radical (unpaired) electrons. The average molecular weight is 283 g/mol. The molecule has 1 heterocycles. The molecule has 0 amide bonds. The molecular formula is C15H25NO4. The molecule has 114 valence electrons. The van der Waals surface area contributed by atoms with Crippen LogP contribution in [0.1, 0.15) is 68.4 Å². The van der Waals surface area contributed by atoms with Gasteiger partial charge in [-0.05, 0) is 20.3 Å². The fourth-order valence-corrected chi connectivity index (χ4v) is 2.17. The first-order valence-corrected chi connectivity index (χ1v) is 7.49. The molecule has 0 unspecified atom stereocenters. The van der Waals surface area contributed by atoms with Gasteiger partial charge in [-0.15, -0.1) is 0 Å². The van der Waals surface area contributed by atoms with Crippen LogP contribution < -0.4 is 5.63 Å².